The summed E-state index contributed by atoms with van der Waals surface area (Å²) in [7, 11) is 3.11. The molecule has 0 aliphatic carbocycles. The number of anilines is 2. The molecule has 4 aromatic rings. The monoisotopic (exact) mass is 933 g/mol. The van der Waals surface area contributed by atoms with Crippen LogP contribution in [0, 0.1) is 11.8 Å². The molecule has 358 valence electrons. The minimum Gasteiger partial charge on any atom is -0.497 e. The number of ether oxygens (including phenoxy) is 7. The van der Waals surface area contributed by atoms with E-state index in [9.17, 15) is 35.9 Å². The quantitative estimate of drug-likeness (QED) is 0.0695. The van der Waals surface area contributed by atoms with Crippen molar-refractivity contribution < 1.29 is 69.1 Å². The molecule has 6 N–H and O–H groups in total. The van der Waals surface area contributed by atoms with Gasteiger partial charge in [-0.1, -0.05) is 50.2 Å². The lowest BCUT2D eigenvalue weighted by Gasteiger charge is -2.48. The third-order valence-electron chi connectivity index (χ3n) is 11.5. The molecule has 2 saturated heterocycles. The average molecular weight is 934 g/mol. The first kappa shape index (κ1) is 49.8. The van der Waals surface area contributed by atoms with E-state index in [1.165, 1.54) is 12.1 Å². The van der Waals surface area contributed by atoms with E-state index in [1.54, 1.807) is 38.5 Å². The smallest absolute Gasteiger partial charge is 0.416 e. The number of halogens is 6. The largest absolute Gasteiger partial charge is 0.497 e. The molecular weight excluding hydrogens is 881 g/mol. The van der Waals surface area contributed by atoms with E-state index in [0.717, 1.165) is 47.5 Å². The maximum Gasteiger partial charge on any atom is 0.416 e. The Kier molecular flexibility index (Phi) is 16.8. The second-order valence-electron chi connectivity index (χ2n) is 16.0. The fraction of sp³-hybridized carbons (Fsp3) is 0.435. The van der Waals surface area contributed by atoms with Gasteiger partial charge in [-0.3, -0.25) is 0 Å². The molecule has 6 rings (SSSR count). The summed E-state index contributed by atoms with van der Waals surface area (Å²) in [5.41, 5.74) is 6.36. The minimum atomic E-state index is -4.66. The van der Waals surface area contributed by atoms with Crippen molar-refractivity contribution in [3.63, 3.8) is 0 Å². The fourth-order valence-corrected chi connectivity index (χ4v) is 7.57. The van der Waals surface area contributed by atoms with Gasteiger partial charge in [0.2, 0.25) is 0 Å². The van der Waals surface area contributed by atoms with Gasteiger partial charge in [-0.2, -0.15) is 26.3 Å². The molecule has 2 aliphatic rings. The summed E-state index contributed by atoms with van der Waals surface area (Å²) in [5, 5.41) is 10.4. The second-order valence-corrected chi connectivity index (χ2v) is 16.0. The maximum atomic E-state index is 13.6. The van der Waals surface area contributed by atoms with Crippen molar-refractivity contribution in [2.24, 2.45) is 17.6 Å². The molecule has 2 fully saturated rings. The first-order valence-electron chi connectivity index (χ1n) is 21.0. The van der Waals surface area contributed by atoms with Crippen LogP contribution in [0.3, 0.4) is 0 Å². The van der Waals surface area contributed by atoms with Gasteiger partial charge in [0.1, 0.15) is 17.6 Å². The molecule has 2 aliphatic heterocycles. The van der Waals surface area contributed by atoms with Crippen LogP contribution >= 0.6 is 0 Å². The standard InChI is InChI=1S/C46H53F6N5O9/c1-26-27(2)40(57-44(59)55-33-10-6-8-31(20-33)46(50,51)52)42(65-37(26)24-62-21-28-11-15-34(60-3)16-12-28)66-41-36(56-43(58)54-32-9-5-7-30(19-32)45(47,48)49)23-64-38(39(41)53)25-63-22-29-13-17-35(61-4)18-14-29/h5-20,26-27,36-42H,21-25,53H2,1-4H3,(H2,54,56,58)(H2,55,57,59)/t26-,27+,36?,37?,38?,39+,40?,41-,42+/m1/s1. The predicted molar refractivity (Wildman–Crippen MR) is 230 cm³/mol. The second kappa shape index (κ2) is 22.2. The minimum absolute atomic E-state index is 0.0297. The fourth-order valence-electron chi connectivity index (χ4n) is 7.57. The van der Waals surface area contributed by atoms with Gasteiger partial charge < -0.3 is 60.2 Å². The van der Waals surface area contributed by atoms with Gasteiger partial charge >= 0.3 is 24.4 Å². The number of nitrogens with one attached hydrogen (secondary N) is 4. The molecule has 9 atom stereocenters. The van der Waals surface area contributed by atoms with Crippen LogP contribution < -0.4 is 36.5 Å². The van der Waals surface area contributed by atoms with Crippen molar-refractivity contribution in [1.82, 2.24) is 10.6 Å². The average Bonchev–Trinajstić information content (AvgIpc) is 3.28. The van der Waals surface area contributed by atoms with Gasteiger partial charge in [0.15, 0.2) is 6.29 Å². The summed E-state index contributed by atoms with van der Waals surface area (Å²) < 4.78 is 123. The molecule has 0 radical (unpaired) electrons. The van der Waals surface area contributed by atoms with Gasteiger partial charge in [-0.15, -0.1) is 0 Å². The number of nitrogens with two attached hydrogens (primary N) is 1. The van der Waals surface area contributed by atoms with Crippen molar-refractivity contribution in [3.05, 3.63) is 119 Å². The highest BCUT2D eigenvalue weighted by Crippen LogP contribution is 2.35. The third kappa shape index (κ3) is 13.5. The molecular formula is C46H53F6N5O9. The zero-order valence-electron chi connectivity index (χ0n) is 36.5. The highest BCUT2D eigenvalue weighted by Gasteiger charge is 2.48. The molecule has 4 aromatic carbocycles. The number of hydrogen-bond donors (Lipinski definition) is 5. The van der Waals surface area contributed by atoms with E-state index in [-0.39, 0.29) is 50.3 Å². The summed E-state index contributed by atoms with van der Waals surface area (Å²) in [5.74, 6) is 0.605. The van der Waals surface area contributed by atoms with Crippen molar-refractivity contribution in [2.75, 3.05) is 44.7 Å². The number of rotatable bonds is 16. The molecule has 0 spiro atoms. The molecule has 66 heavy (non-hydrogen) atoms. The summed E-state index contributed by atoms with van der Waals surface area (Å²) in [4.78, 5) is 27.0. The molecule has 2 heterocycles. The number of carbonyl (C=O) groups excluding carboxylic acids is 2. The van der Waals surface area contributed by atoms with Gasteiger partial charge in [-0.25, -0.2) is 9.59 Å². The van der Waals surface area contributed by atoms with E-state index in [0.29, 0.717) is 11.5 Å². The summed E-state index contributed by atoms with van der Waals surface area (Å²) in [6.45, 7) is 3.96. The number of carbonyl (C=O) groups is 2. The zero-order chi connectivity index (χ0) is 47.6. The van der Waals surface area contributed by atoms with Crippen LogP contribution in [-0.4, -0.2) is 88.8 Å². The van der Waals surface area contributed by atoms with Gasteiger partial charge in [0.05, 0.1) is 88.7 Å². The van der Waals surface area contributed by atoms with Crippen LogP contribution in [0.15, 0.2) is 97.1 Å². The van der Waals surface area contributed by atoms with Crippen LogP contribution in [0.25, 0.3) is 0 Å². The van der Waals surface area contributed by atoms with Crippen LogP contribution in [0.4, 0.5) is 47.3 Å². The normalized spacial score (nSPS) is 24.5. The third-order valence-corrected chi connectivity index (χ3v) is 11.5. The number of methoxy groups -OCH3 is 2. The molecule has 14 nitrogen and oxygen atoms in total. The molecule has 0 saturated carbocycles. The van der Waals surface area contributed by atoms with Crippen molar-refractivity contribution in [2.45, 2.75) is 82.1 Å². The van der Waals surface area contributed by atoms with Crippen molar-refractivity contribution in [3.8, 4) is 11.5 Å². The van der Waals surface area contributed by atoms with Crippen LogP contribution in [0.2, 0.25) is 0 Å². The Bertz CT molecular complexity index is 2200. The van der Waals surface area contributed by atoms with Crippen LogP contribution in [-0.2, 0) is 49.3 Å². The number of amides is 4. The topological polar surface area (TPSA) is 173 Å². The van der Waals surface area contributed by atoms with Gasteiger partial charge in [-0.05, 0) is 83.6 Å². The number of alkyl halides is 6. The van der Waals surface area contributed by atoms with E-state index in [1.807, 2.05) is 38.1 Å². The van der Waals surface area contributed by atoms with E-state index >= 15 is 0 Å². The zero-order valence-corrected chi connectivity index (χ0v) is 36.5. The maximum absolute atomic E-state index is 13.6. The van der Waals surface area contributed by atoms with Gasteiger partial charge in [0.25, 0.3) is 0 Å². The molecule has 0 bridgehead atoms. The number of hydrogen-bond acceptors (Lipinski definition) is 10. The van der Waals surface area contributed by atoms with E-state index < -0.39 is 84.2 Å². The highest BCUT2D eigenvalue weighted by atomic mass is 19.4. The lowest BCUT2D eigenvalue weighted by Crippen LogP contribution is -2.67. The first-order valence-corrected chi connectivity index (χ1v) is 21.0. The van der Waals surface area contributed by atoms with Crippen molar-refractivity contribution in [1.29, 1.82) is 0 Å². The summed E-state index contributed by atoms with van der Waals surface area (Å²) >= 11 is 0. The molecule has 4 amide bonds. The lowest BCUT2D eigenvalue weighted by atomic mass is 9.82. The highest BCUT2D eigenvalue weighted by molar-refractivity contribution is 5.90. The predicted octanol–water partition coefficient (Wildman–Crippen LogP) is 7.96. The Hall–Kier alpha value is -5.64. The Balaban J connectivity index is 1.24. The molecule has 4 unspecified atom stereocenters. The summed E-state index contributed by atoms with van der Waals surface area (Å²) in [6.07, 6.45) is -13.2. The molecule has 20 heteroatoms. The van der Waals surface area contributed by atoms with Gasteiger partial charge in [0, 0.05) is 11.4 Å². The molecule has 0 aromatic heterocycles. The van der Waals surface area contributed by atoms with E-state index in [4.69, 9.17) is 38.9 Å². The Morgan fingerprint density at radius 2 is 1.17 bits per heavy atom. The Morgan fingerprint density at radius 1 is 0.682 bits per heavy atom. The first-order chi connectivity index (χ1) is 31.4. The Labute approximate surface area is 377 Å². The summed E-state index contributed by atoms with van der Waals surface area (Å²) in [6, 6.07) is 17.9. The van der Waals surface area contributed by atoms with Crippen LogP contribution in [0.5, 0.6) is 11.5 Å². The van der Waals surface area contributed by atoms with Crippen molar-refractivity contribution >= 4 is 23.4 Å². The SMILES string of the molecule is COc1ccc(COCC2O[C@@H](O[C@@H]3C(NC(=O)Nc4cccc(C(F)(F)F)c4)COC(COCc4ccc(OC)cc4)[C@@H]3N)C(NC(=O)Nc3cccc(C(F)(F)F)c3)[C@@H](C)[C@H]2C)cc1. The number of urea groups is 2. The number of benzene rings is 4. The Morgan fingerprint density at radius 3 is 1.65 bits per heavy atom. The van der Waals surface area contributed by atoms with E-state index in [2.05, 4.69) is 21.3 Å². The van der Waals surface area contributed by atoms with Crippen LogP contribution in [0.1, 0.15) is 36.1 Å². The lowest BCUT2D eigenvalue weighted by molar-refractivity contribution is -0.275.